The Labute approximate surface area is 145 Å². The molecule has 0 radical (unpaired) electrons. The highest BCUT2D eigenvalue weighted by molar-refractivity contribution is 7.99. The Morgan fingerprint density at radius 3 is 2.21 bits per heavy atom. The van der Waals surface area contributed by atoms with Gasteiger partial charge in [0.05, 0.1) is 13.1 Å². The highest BCUT2D eigenvalue weighted by Gasteiger charge is 2.14. The fourth-order valence-electron chi connectivity index (χ4n) is 1.97. The van der Waals surface area contributed by atoms with Gasteiger partial charge in [0, 0.05) is 16.6 Å². The van der Waals surface area contributed by atoms with Crippen LogP contribution < -0.4 is 10.6 Å². The fourth-order valence-corrected chi connectivity index (χ4v) is 2.47. The lowest BCUT2D eigenvalue weighted by Crippen LogP contribution is -2.42. The number of thioether (sulfide) groups is 1. The van der Waals surface area contributed by atoms with Crippen LogP contribution in [0.3, 0.4) is 0 Å². The normalized spacial score (nSPS) is 11.2. The number of carbonyl (C=O) groups excluding carboxylic acids is 2. The zero-order valence-electron chi connectivity index (χ0n) is 14.0. The van der Waals surface area contributed by atoms with E-state index in [-0.39, 0.29) is 30.9 Å². The second-order valence-electron chi connectivity index (χ2n) is 5.48. The molecule has 0 saturated carbocycles. The van der Waals surface area contributed by atoms with Crippen LogP contribution >= 0.6 is 11.8 Å². The number of nitrogens with one attached hydrogen (secondary N) is 2. The quantitative estimate of drug-likeness (QED) is 0.666. The number of halogens is 2. The fraction of sp³-hybridized carbons (Fsp3) is 0.500. The summed E-state index contributed by atoms with van der Waals surface area (Å²) in [7, 11) is 0. The van der Waals surface area contributed by atoms with Gasteiger partial charge in [-0.15, -0.1) is 0 Å². The molecule has 0 heterocycles. The van der Waals surface area contributed by atoms with Gasteiger partial charge < -0.3 is 10.6 Å². The Hall–Kier alpha value is -1.67. The van der Waals surface area contributed by atoms with Gasteiger partial charge in [-0.05, 0) is 44.7 Å². The molecule has 0 aliphatic heterocycles. The number of nitrogens with zero attached hydrogens (tertiary/aromatic N) is 1. The molecule has 2 N–H and O–H groups in total. The molecule has 5 nitrogen and oxygen atoms in total. The molecule has 0 spiro atoms. The summed E-state index contributed by atoms with van der Waals surface area (Å²) in [6.07, 6.45) is 0. The highest BCUT2D eigenvalue weighted by Crippen LogP contribution is 2.26. The molecule has 0 saturated heterocycles. The van der Waals surface area contributed by atoms with Gasteiger partial charge in [-0.1, -0.05) is 18.7 Å². The second kappa shape index (κ2) is 10.2. The van der Waals surface area contributed by atoms with Gasteiger partial charge in [-0.25, -0.2) is 0 Å². The maximum Gasteiger partial charge on any atom is 0.288 e. The summed E-state index contributed by atoms with van der Waals surface area (Å²) in [5.41, 5.74) is 0.529. The Balaban J connectivity index is 2.49. The van der Waals surface area contributed by atoms with Crippen LogP contribution in [0.2, 0.25) is 0 Å². The molecule has 0 unspecified atom stereocenters. The van der Waals surface area contributed by atoms with Crippen molar-refractivity contribution in [3.63, 3.8) is 0 Å². The zero-order valence-corrected chi connectivity index (χ0v) is 14.8. The van der Waals surface area contributed by atoms with Crippen LogP contribution in [0.1, 0.15) is 20.8 Å². The number of rotatable bonds is 9. The second-order valence-corrected chi connectivity index (χ2v) is 6.54. The van der Waals surface area contributed by atoms with Gasteiger partial charge in [-0.2, -0.15) is 8.78 Å². The third-order valence-electron chi connectivity index (χ3n) is 2.99. The SMILES string of the molecule is CCN(CC(=O)Nc1ccc(SC(F)F)cc1)CC(=O)NC(C)C. The predicted octanol–water partition coefficient (Wildman–Crippen LogP) is 2.79. The molecule has 134 valence electrons. The lowest BCUT2D eigenvalue weighted by Gasteiger charge is -2.20. The number of amides is 2. The summed E-state index contributed by atoms with van der Waals surface area (Å²) >= 11 is 0.453. The van der Waals surface area contributed by atoms with Gasteiger partial charge in [-0.3, -0.25) is 14.5 Å². The van der Waals surface area contributed by atoms with E-state index in [1.807, 2.05) is 20.8 Å². The minimum atomic E-state index is -2.47. The van der Waals surface area contributed by atoms with E-state index in [1.54, 1.807) is 17.0 Å². The van der Waals surface area contributed by atoms with Crippen LogP contribution in [0.4, 0.5) is 14.5 Å². The molecule has 0 aliphatic carbocycles. The van der Waals surface area contributed by atoms with E-state index in [2.05, 4.69) is 10.6 Å². The maximum atomic E-state index is 12.3. The minimum Gasteiger partial charge on any atom is -0.353 e. The first-order chi connectivity index (χ1) is 11.3. The van der Waals surface area contributed by atoms with E-state index in [9.17, 15) is 18.4 Å². The molecular formula is C16H23F2N3O2S. The van der Waals surface area contributed by atoms with Crippen molar-refractivity contribution in [3.8, 4) is 0 Å². The van der Waals surface area contributed by atoms with Crippen LogP contribution in [-0.2, 0) is 9.59 Å². The molecular weight excluding hydrogens is 336 g/mol. The Kier molecular flexibility index (Phi) is 8.70. The van der Waals surface area contributed by atoms with Gasteiger partial charge in [0.25, 0.3) is 5.76 Å². The summed E-state index contributed by atoms with van der Waals surface area (Å²) in [5.74, 6) is -2.86. The van der Waals surface area contributed by atoms with Crippen LogP contribution in [-0.4, -0.2) is 48.1 Å². The van der Waals surface area contributed by atoms with E-state index in [1.165, 1.54) is 12.1 Å². The average Bonchev–Trinajstić information content (AvgIpc) is 2.47. The molecule has 24 heavy (non-hydrogen) atoms. The average molecular weight is 359 g/mol. The smallest absolute Gasteiger partial charge is 0.288 e. The van der Waals surface area contributed by atoms with Crippen molar-refractivity contribution in [3.05, 3.63) is 24.3 Å². The molecule has 1 rings (SSSR count). The first-order valence-corrected chi connectivity index (χ1v) is 8.54. The summed E-state index contributed by atoms with van der Waals surface area (Å²) in [5, 5.41) is 5.47. The number of anilines is 1. The number of alkyl halides is 2. The van der Waals surface area contributed by atoms with Crippen molar-refractivity contribution in [1.29, 1.82) is 0 Å². The van der Waals surface area contributed by atoms with Crippen molar-refractivity contribution in [2.24, 2.45) is 0 Å². The minimum absolute atomic E-state index is 0.0506. The largest absolute Gasteiger partial charge is 0.353 e. The highest BCUT2D eigenvalue weighted by atomic mass is 32.2. The lowest BCUT2D eigenvalue weighted by molar-refractivity contribution is -0.123. The number of likely N-dealkylation sites (N-methyl/N-ethyl adjacent to an activating group) is 1. The standard InChI is InChI=1S/C16H23F2N3O2S/c1-4-21(9-14(22)19-11(2)3)10-15(23)20-12-5-7-13(8-6-12)24-16(17)18/h5-8,11,16H,4,9-10H2,1-3H3,(H,19,22)(H,20,23). The van der Waals surface area contributed by atoms with Crippen molar-refractivity contribution >= 4 is 29.3 Å². The van der Waals surface area contributed by atoms with E-state index in [4.69, 9.17) is 0 Å². The van der Waals surface area contributed by atoms with Crippen molar-refractivity contribution < 1.29 is 18.4 Å². The number of hydrogen-bond donors (Lipinski definition) is 2. The Bertz CT molecular complexity index is 539. The van der Waals surface area contributed by atoms with Gasteiger partial charge in [0.1, 0.15) is 0 Å². The molecule has 2 amide bonds. The summed E-state index contributed by atoms with van der Waals surface area (Å²) in [6, 6.07) is 6.25. The molecule has 1 aromatic rings. The van der Waals surface area contributed by atoms with Crippen molar-refractivity contribution in [1.82, 2.24) is 10.2 Å². The molecule has 1 aromatic carbocycles. The first kappa shape index (κ1) is 20.4. The topological polar surface area (TPSA) is 61.4 Å². The van der Waals surface area contributed by atoms with Crippen LogP contribution in [0.15, 0.2) is 29.2 Å². The molecule has 0 aliphatic rings. The molecule has 8 heteroatoms. The number of benzene rings is 1. The van der Waals surface area contributed by atoms with E-state index in [0.29, 0.717) is 28.9 Å². The maximum absolute atomic E-state index is 12.3. The lowest BCUT2D eigenvalue weighted by atomic mass is 10.3. The van der Waals surface area contributed by atoms with Gasteiger partial charge in [0.15, 0.2) is 0 Å². The van der Waals surface area contributed by atoms with E-state index >= 15 is 0 Å². The van der Waals surface area contributed by atoms with Crippen LogP contribution in [0.25, 0.3) is 0 Å². The summed E-state index contributed by atoms with van der Waals surface area (Å²) in [6.45, 7) is 6.39. The third-order valence-corrected chi connectivity index (χ3v) is 3.72. The van der Waals surface area contributed by atoms with Crippen molar-refractivity contribution in [2.45, 2.75) is 37.5 Å². The van der Waals surface area contributed by atoms with E-state index < -0.39 is 5.76 Å². The zero-order chi connectivity index (χ0) is 18.1. The molecule has 0 aromatic heterocycles. The van der Waals surface area contributed by atoms with Gasteiger partial charge in [0.2, 0.25) is 11.8 Å². The monoisotopic (exact) mass is 359 g/mol. The Morgan fingerprint density at radius 2 is 1.71 bits per heavy atom. The number of hydrogen-bond acceptors (Lipinski definition) is 4. The number of carbonyl (C=O) groups is 2. The van der Waals surface area contributed by atoms with Crippen LogP contribution in [0, 0.1) is 0 Å². The molecule has 0 atom stereocenters. The molecule has 0 fully saturated rings. The first-order valence-electron chi connectivity index (χ1n) is 7.66. The van der Waals surface area contributed by atoms with E-state index in [0.717, 1.165) is 0 Å². The summed E-state index contributed by atoms with van der Waals surface area (Å²) < 4.78 is 24.5. The predicted molar refractivity (Wildman–Crippen MR) is 92.3 cm³/mol. The van der Waals surface area contributed by atoms with Crippen molar-refractivity contribution in [2.75, 3.05) is 25.0 Å². The molecule has 0 bridgehead atoms. The third kappa shape index (κ3) is 8.26. The van der Waals surface area contributed by atoms with Crippen LogP contribution in [0.5, 0.6) is 0 Å². The Morgan fingerprint density at radius 1 is 1.12 bits per heavy atom. The van der Waals surface area contributed by atoms with Gasteiger partial charge >= 0.3 is 0 Å². The summed E-state index contributed by atoms with van der Waals surface area (Å²) in [4.78, 5) is 25.9.